The molecule has 2 amide bonds. The van der Waals surface area contributed by atoms with Crippen molar-refractivity contribution in [1.29, 1.82) is 0 Å². The Morgan fingerprint density at radius 3 is 1.93 bits per heavy atom. The summed E-state index contributed by atoms with van der Waals surface area (Å²) in [6.45, 7) is 2.02. The van der Waals surface area contributed by atoms with Gasteiger partial charge in [0.25, 0.3) is 0 Å². The molecule has 0 unspecified atom stereocenters. The third-order valence-corrected chi connectivity index (χ3v) is 5.15. The Hall–Kier alpha value is -4.89. The van der Waals surface area contributed by atoms with Crippen molar-refractivity contribution < 1.29 is 31.1 Å². The van der Waals surface area contributed by atoms with Crippen molar-refractivity contribution in [3.8, 4) is 5.75 Å². The maximum absolute atomic E-state index is 12.3. The summed E-state index contributed by atoms with van der Waals surface area (Å²) in [6.07, 6.45) is -3.11. The van der Waals surface area contributed by atoms with Gasteiger partial charge >= 0.3 is 12.4 Å². The van der Waals surface area contributed by atoms with Crippen molar-refractivity contribution in [3.63, 3.8) is 0 Å². The fraction of sp³-hybridized carbons (Fsp3) is 0.115. The number of thiol groups is 1. The van der Waals surface area contributed by atoms with E-state index in [1.807, 2.05) is 55.3 Å². The van der Waals surface area contributed by atoms with Crippen LogP contribution in [0, 0.1) is 6.92 Å². The van der Waals surface area contributed by atoms with Crippen LogP contribution in [-0.4, -0.2) is 37.8 Å². The largest absolute Gasteiger partial charge is 0.573 e. The molecule has 4 aromatic rings. The maximum Gasteiger partial charge on any atom is 0.573 e. The lowest BCUT2D eigenvalue weighted by molar-refractivity contribution is -0.274. The number of nitrogens with zero attached hydrogens (tertiary/aromatic N) is 3. The summed E-state index contributed by atoms with van der Waals surface area (Å²) in [5, 5.41) is 12.5. The average Bonchev–Trinajstić information content (AvgIpc) is 2.90. The Labute approximate surface area is 235 Å². The predicted molar refractivity (Wildman–Crippen MR) is 151 cm³/mol. The van der Waals surface area contributed by atoms with Gasteiger partial charge in [0.1, 0.15) is 11.6 Å². The molecule has 216 valence electrons. The zero-order valence-corrected chi connectivity index (χ0v) is 22.6. The Bertz CT molecular complexity index is 1510. The van der Waals surface area contributed by atoms with Gasteiger partial charge in [-0.3, -0.25) is 0 Å². The first-order valence-electron chi connectivity index (χ1n) is 11.7. The third kappa shape index (κ3) is 10.7. The monoisotopic (exact) mass is 589 g/mol. The molecule has 41 heavy (non-hydrogen) atoms. The molecule has 0 saturated heterocycles. The predicted octanol–water partition coefficient (Wildman–Crippen LogP) is 5.31. The number of alkyl halides is 3. The van der Waals surface area contributed by atoms with E-state index >= 15 is 0 Å². The smallest absolute Gasteiger partial charge is 0.406 e. The van der Waals surface area contributed by atoms with Gasteiger partial charge in [-0.15, -0.1) is 13.2 Å². The fourth-order valence-electron chi connectivity index (χ4n) is 3.30. The van der Waals surface area contributed by atoms with Gasteiger partial charge in [0.2, 0.25) is 5.95 Å². The van der Waals surface area contributed by atoms with Gasteiger partial charge in [-0.25, -0.2) is 23.3 Å². The van der Waals surface area contributed by atoms with Crippen LogP contribution < -0.4 is 30.7 Å². The molecule has 15 heteroatoms. The number of hydrogen-bond acceptors (Lipinski definition) is 8. The highest BCUT2D eigenvalue weighted by molar-refractivity contribution is 7.69. The minimum atomic E-state index is -4.78. The molecule has 0 aliphatic carbocycles. The van der Waals surface area contributed by atoms with Crippen LogP contribution in [0.4, 0.5) is 52.5 Å². The highest BCUT2D eigenvalue weighted by Crippen LogP contribution is 2.26. The topological polar surface area (TPSA) is 152 Å². The second-order valence-electron chi connectivity index (χ2n) is 8.27. The molecule has 0 atom stereocenters. The number of nitrogens with one attached hydrogen (secondary N) is 3. The van der Waals surface area contributed by atoms with Gasteiger partial charge in [-0.1, -0.05) is 17.7 Å². The zero-order valence-electron chi connectivity index (χ0n) is 21.7. The van der Waals surface area contributed by atoms with E-state index in [0.29, 0.717) is 23.1 Å². The molecule has 0 bridgehead atoms. The summed E-state index contributed by atoms with van der Waals surface area (Å²) >= 11 is 0. The lowest BCUT2D eigenvalue weighted by Crippen LogP contribution is -2.20. The first-order valence-corrected chi connectivity index (χ1v) is 13.0. The van der Waals surface area contributed by atoms with Crippen LogP contribution in [0.2, 0.25) is 0 Å². The van der Waals surface area contributed by atoms with Crippen LogP contribution in [0.25, 0.3) is 0 Å². The normalized spacial score (nSPS) is 10.7. The number of hydrogen-bond donors (Lipinski definition) is 5. The van der Waals surface area contributed by atoms with E-state index in [4.69, 9.17) is 8.42 Å². The standard InChI is InChI=1S/C26H23F3N6O2.H3NO2S/c1-17-3-5-18(6-4-17)31-24-30-16-15-23(34-24)35(2)21-11-7-19(8-12-21)32-25(36)33-20-9-13-22(14-10-20)37-26(27,28)29;1-4(2)3/h3-16H,1-2H3,(H,30,31,34)(H2,32,33,36);4H,(H2,1,2,3). The first kappa shape index (κ1) is 30.6. The zero-order chi connectivity index (χ0) is 30.0. The van der Waals surface area contributed by atoms with Gasteiger partial charge in [-0.05, 0) is 73.7 Å². The summed E-state index contributed by atoms with van der Waals surface area (Å²) in [6, 6.07) is 21.0. The lowest BCUT2D eigenvalue weighted by Gasteiger charge is -2.19. The van der Waals surface area contributed by atoms with E-state index in [2.05, 4.69) is 35.8 Å². The van der Waals surface area contributed by atoms with E-state index in [1.165, 1.54) is 12.1 Å². The van der Waals surface area contributed by atoms with Crippen molar-refractivity contribution in [2.75, 3.05) is 27.9 Å². The molecule has 0 saturated carbocycles. The van der Waals surface area contributed by atoms with Gasteiger partial charge < -0.3 is 25.6 Å². The Morgan fingerprint density at radius 2 is 1.39 bits per heavy atom. The number of aryl methyl sites for hydroxylation is 1. The van der Waals surface area contributed by atoms with Crippen LogP contribution in [0.1, 0.15) is 5.56 Å². The highest BCUT2D eigenvalue weighted by atomic mass is 32.2. The Balaban J connectivity index is 0.00000108. The third-order valence-electron chi connectivity index (χ3n) is 5.15. The number of aromatic nitrogens is 2. The molecule has 3 aromatic carbocycles. The Kier molecular flexibility index (Phi) is 10.4. The summed E-state index contributed by atoms with van der Waals surface area (Å²) in [5.41, 5.74) is 3.69. The molecule has 1 heterocycles. The quantitative estimate of drug-likeness (QED) is 0.182. The minimum absolute atomic E-state index is 0.308. The van der Waals surface area contributed by atoms with Gasteiger partial charge in [0.15, 0.2) is 10.9 Å². The van der Waals surface area contributed by atoms with Crippen molar-refractivity contribution in [3.05, 3.63) is 90.6 Å². The van der Waals surface area contributed by atoms with Crippen LogP contribution in [-0.2, 0) is 10.9 Å². The number of carbonyl (C=O) groups is 1. The number of carbonyl (C=O) groups excluding carboxylic acids is 1. The molecule has 0 spiro atoms. The molecule has 0 radical (unpaired) electrons. The van der Waals surface area contributed by atoms with E-state index in [1.54, 1.807) is 24.4 Å². The summed E-state index contributed by atoms with van der Waals surface area (Å²) in [4.78, 5) is 23.0. The second-order valence-corrected chi connectivity index (χ2v) is 8.84. The number of rotatable bonds is 7. The number of urea groups is 1. The second kappa shape index (κ2) is 14.0. The molecule has 11 nitrogen and oxygen atoms in total. The number of nitrogens with two attached hydrogens (primary N) is 1. The van der Waals surface area contributed by atoms with E-state index in [-0.39, 0.29) is 5.75 Å². The molecule has 1 aromatic heterocycles. The molecular weight excluding hydrogens is 563 g/mol. The molecule has 4 rings (SSSR count). The Morgan fingerprint density at radius 1 is 0.878 bits per heavy atom. The summed E-state index contributed by atoms with van der Waals surface area (Å²) < 4.78 is 58.2. The van der Waals surface area contributed by atoms with Crippen molar-refractivity contribution in [2.45, 2.75) is 13.3 Å². The van der Waals surface area contributed by atoms with Gasteiger partial charge in [0.05, 0.1) is 0 Å². The highest BCUT2D eigenvalue weighted by Gasteiger charge is 2.31. The van der Waals surface area contributed by atoms with E-state index in [0.717, 1.165) is 29.1 Å². The van der Waals surface area contributed by atoms with Gasteiger partial charge in [-0.2, -0.15) is 4.98 Å². The number of halogens is 3. The van der Waals surface area contributed by atoms with Crippen molar-refractivity contribution in [1.82, 2.24) is 9.97 Å². The van der Waals surface area contributed by atoms with Crippen molar-refractivity contribution >= 4 is 51.4 Å². The molecule has 0 aliphatic rings. The molecular formula is C26H26F3N7O4S. The lowest BCUT2D eigenvalue weighted by atomic mass is 10.2. The summed E-state index contributed by atoms with van der Waals surface area (Å²) in [7, 11) is -0.760. The van der Waals surface area contributed by atoms with Crippen LogP contribution >= 0.6 is 0 Å². The van der Waals surface area contributed by atoms with Crippen LogP contribution in [0.5, 0.6) is 5.75 Å². The van der Waals surface area contributed by atoms with Gasteiger partial charge in [0, 0.05) is 36.0 Å². The molecule has 0 fully saturated rings. The minimum Gasteiger partial charge on any atom is -0.406 e. The fourth-order valence-corrected chi connectivity index (χ4v) is 3.30. The maximum atomic E-state index is 12.3. The number of ether oxygens (including phenoxy) is 1. The summed E-state index contributed by atoms with van der Waals surface area (Å²) in [5.74, 6) is 0.752. The number of amides is 2. The molecule has 5 N–H and O–H groups in total. The molecule has 0 aliphatic heterocycles. The average molecular weight is 590 g/mol. The van der Waals surface area contributed by atoms with Crippen molar-refractivity contribution in [2.24, 2.45) is 5.14 Å². The van der Waals surface area contributed by atoms with E-state index in [9.17, 15) is 18.0 Å². The van der Waals surface area contributed by atoms with Crippen LogP contribution in [0.15, 0.2) is 85.1 Å². The first-order chi connectivity index (χ1) is 19.4. The number of anilines is 6. The van der Waals surface area contributed by atoms with Crippen LogP contribution in [0.3, 0.4) is 0 Å². The number of benzene rings is 3. The SMILES string of the molecule is Cc1ccc(Nc2nccc(N(C)c3ccc(NC(=O)Nc4ccc(OC(F)(F)F)cc4)cc3)n2)cc1.N[SH](=O)=O. The van der Waals surface area contributed by atoms with E-state index < -0.39 is 23.3 Å².